The first-order valence-electron chi connectivity index (χ1n) is 7.81. The molecular formula is C17H28N2O4. The summed E-state index contributed by atoms with van der Waals surface area (Å²) < 4.78 is 10.3. The highest BCUT2D eigenvalue weighted by Crippen LogP contribution is 2.26. The number of ether oxygens (including phenoxy) is 2. The van der Waals surface area contributed by atoms with E-state index in [1.807, 2.05) is 33.8 Å². The van der Waals surface area contributed by atoms with Gasteiger partial charge in [-0.25, -0.2) is 4.79 Å². The van der Waals surface area contributed by atoms with Crippen LogP contribution in [0.1, 0.15) is 39.7 Å². The summed E-state index contributed by atoms with van der Waals surface area (Å²) in [5.74, 6) is 0.567. The summed E-state index contributed by atoms with van der Waals surface area (Å²) >= 11 is 0. The van der Waals surface area contributed by atoms with Crippen molar-refractivity contribution >= 4 is 6.09 Å². The largest absolute Gasteiger partial charge is 0.504 e. The zero-order valence-electron chi connectivity index (χ0n) is 14.6. The fourth-order valence-electron chi connectivity index (χ4n) is 1.99. The van der Waals surface area contributed by atoms with Crippen LogP contribution in [0.5, 0.6) is 11.5 Å². The van der Waals surface area contributed by atoms with Gasteiger partial charge in [0.25, 0.3) is 0 Å². The highest BCUT2D eigenvalue weighted by atomic mass is 16.6. The van der Waals surface area contributed by atoms with Crippen LogP contribution in [-0.4, -0.2) is 36.5 Å². The van der Waals surface area contributed by atoms with Crippen molar-refractivity contribution in [2.75, 3.05) is 13.7 Å². The summed E-state index contributed by atoms with van der Waals surface area (Å²) in [6, 6.07) is 5.20. The molecule has 0 spiro atoms. The number of methoxy groups -OCH3 is 1. The van der Waals surface area contributed by atoms with Gasteiger partial charge < -0.3 is 25.2 Å². The number of aromatic hydroxyl groups is 1. The van der Waals surface area contributed by atoms with E-state index in [4.69, 9.17) is 9.47 Å². The van der Waals surface area contributed by atoms with Crippen molar-refractivity contribution in [1.29, 1.82) is 0 Å². The van der Waals surface area contributed by atoms with Crippen molar-refractivity contribution < 1.29 is 19.4 Å². The van der Waals surface area contributed by atoms with Crippen molar-refractivity contribution in [2.24, 2.45) is 0 Å². The first kappa shape index (κ1) is 19.1. The summed E-state index contributed by atoms with van der Waals surface area (Å²) in [4.78, 5) is 11.8. The van der Waals surface area contributed by atoms with E-state index in [-0.39, 0.29) is 11.8 Å². The molecule has 1 rings (SSSR count). The number of hydrogen-bond acceptors (Lipinski definition) is 5. The van der Waals surface area contributed by atoms with E-state index in [1.165, 1.54) is 7.11 Å². The molecule has 0 aliphatic carbocycles. The molecule has 1 amide bonds. The van der Waals surface area contributed by atoms with Gasteiger partial charge in [0, 0.05) is 19.1 Å². The molecule has 1 atom stereocenters. The molecule has 0 aliphatic heterocycles. The molecule has 0 aromatic heterocycles. The standard InChI is InChI=1S/C17H28N2O4/c1-6-13(19-16(21)23-17(2,3)4)11-18-10-12-7-8-14(20)15(9-12)22-5/h7-9,13,18,20H,6,10-11H2,1-5H3,(H,19,21). The van der Waals surface area contributed by atoms with Crippen molar-refractivity contribution in [3.05, 3.63) is 23.8 Å². The third kappa shape index (κ3) is 7.23. The van der Waals surface area contributed by atoms with Crippen LogP contribution in [0.4, 0.5) is 4.79 Å². The molecule has 23 heavy (non-hydrogen) atoms. The summed E-state index contributed by atoms with van der Waals surface area (Å²) in [5.41, 5.74) is 0.491. The number of carbonyl (C=O) groups excluding carboxylic acids is 1. The topological polar surface area (TPSA) is 79.8 Å². The lowest BCUT2D eigenvalue weighted by Gasteiger charge is -2.23. The van der Waals surface area contributed by atoms with Crippen LogP contribution in [-0.2, 0) is 11.3 Å². The maximum atomic E-state index is 11.8. The predicted molar refractivity (Wildman–Crippen MR) is 89.8 cm³/mol. The molecule has 0 saturated heterocycles. The average Bonchev–Trinajstić information content (AvgIpc) is 2.45. The highest BCUT2D eigenvalue weighted by molar-refractivity contribution is 5.68. The number of alkyl carbamates (subject to hydrolysis) is 1. The van der Waals surface area contributed by atoms with Crippen molar-refractivity contribution in [1.82, 2.24) is 10.6 Å². The first-order chi connectivity index (χ1) is 10.7. The SMILES string of the molecule is CCC(CNCc1ccc(O)c(OC)c1)NC(=O)OC(C)(C)C. The first-order valence-corrected chi connectivity index (χ1v) is 7.81. The number of amides is 1. The lowest BCUT2D eigenvalue weighted by Crippen LogP contribution is -2.43. The lowest BCUT2D eigenvalue weighted by atomic mass is 10.2. The Morgan fingerprint density at radius 3 is 2.61 bits per heavy atom. The van der Waals surface area contributed by atoms with E-state index in [0.717, 1.165) is 12.0 Å². The molecule has 0 aliphatic rings. The molecule has 6 nitrogen and oxygen atoms in total. The number of rotatable bonds is 7. The van der Waals surface area contributed by atoms with Gasteiger partial charge in [-0.05, 0) is 44.9 Å². The van der Waals surface area contributed by atoms with Crippen LogP contribution in [0.3, 0.4) is 0 Å². The summed E-state index contributed by atoms with van der Waals surface area (Å²) in [6.07, 6.45) is 0.392. The van der Waals surface area contributed by atoms with Crippen LogP contribution < -0.4 is 15.4 Å². The summed E-state index contributed by atoms with van der Waals surface area (Å²) in [7, 11) is 1.52. The van der Waals surface area contributed by atoms with Gasteiger partial charge in [-0.2, -0.15) is 0 Å². The Labute approximate surface area is 138 Å². The van der Waals surface area contributed by atoms with Gasteiger partial charge in [0.15, 0.2) is 11.5 Å². The summed E-state index contributed by atoms with van der Waals surface area (Å²) in [5, 5.41) is 15.7. The second-order valence-corrected chi connectivity index (χ2v) is 6.39. The molecular weight excluding hydrogens is 296 g/mol. The quantitative estimate of drug-likeness (QED) is 0.719. The molecule has 6 heteroatoms. The molecule has 0 saturated carbocycles. The average molecular weight is 324 g/mol. The smallest absolute Gasteiger partial charge is 0.407 e. The van der Waals surface area contributed by atoms with E-state index in [9.17, 15) is 9.90 Å². The number of carbonyl (C=O) groups is 1. The van der Waals surface area contributed by atoms with Gasteiger partial charge in [-0.15, -0.1) is 0 Å². The molecule has 3 N–H and O–H groups in total. The molecule has 0 radical (unpaired) electrons. The minimum Gasteiger partial charge on any atom is -0.504 e. The third-order valence-corrected chi connectivity index (χ3v) is 3.18. The third-order valence-electron chi connectivity index (χ3n) is 3.18. The minimum absolute atomic E-state index is 0.0103. The number of nitrogens with one attached hydrogen (secondary N) is 2. The zero-order chi connectivity index (χ0) is 17.5. The van der Waals surface area contributed by atoms with E-state index in [1.54, 1.807) is 12.1 Å². The van der Waals surface area contributed by atoms with Gasteiger partial charge in [-0.3, -0.25) is 0 Å². The van der Waals surface area contributed by atoms with Crippen LogP contribution >= 0.6 is 0 Å². The molecule has 1 unspecified atom stereocenters. The van der Waals surface area contributed by atoms with E-state index in [2.05, 4.69) is 10.6 Å². The lowest BCUT2D eigenvalue weighted by molar-refractivity contribution is 0.0502. The molecule has 0 bridgehead atoms. The van der Waals surface area contributed by atoms with Crippen LogP contribution in [0.15, 0.2) is 18.2 Å². The van der Waals surface area contributed by atoms with E-state index in [0.29, 0.717) is 18.8 Å². The normalized spacial score (nSPS) is 12.6. The number of benzene rings is 1. The van der Waals surface area contributed by atoms with Crippen molar-refractivity contribution in [3.8, 4) is 11.5 Å². The van der Waals surface area contributed by atoms with Crippen LogP contribution in [0, 0.1) is 0 Å². The zero-order valence-corrected chi connectivity index (χ0v) is 14.6. The van der Waals surface area contributed by atoms with Gasteiger partial charge in [0.2, 0.25) is 0 Å². The van der Waals surface area contributed by atoms with E-state index < -0.39 is 11.7 Å². The van der Waals surface area contributed by atoms with Crippen LogP contribution in [0.25, 0.3) is 0 Å². The van der Waals surface area contributed by atoms with Gasteiger partial charge in [0.05, 0.1) is 7.11 Å². The maximum Gasteiger partial charge on any atom is 0.407 e. The highest BCUT2D eigenvalue weighted by Gasteiger charge is 2.18. The fourth-order valence-corrected chi connectivity index (χ4v) is 1.99. The second kappa shape index (κ2) is 8.62. The second-order valence-electron chi connectivity index (χ2n) is 6.39. The number of phenols is 1. The van der Waals surface area contributed by atoms with Gasteiger partial charge >= 0.3 is 6.09 Å². The van der Waals surface area contributed by atoms with E-state index >= 15 is 0 Å². The Morgan fingerprint density at radius 1 is 1.35 bits per heavy atom. The monoisotopic (exact) mass is 324 g/mol. The molecule has 0 heterocycles. The van der Waals surface area contributed by atoms with Crippen LogP contribution in [0.2, 0.25) is 0 Å². The Morgan fingerprint density at radius 2 is 2.04 bits per heavy atom. The Hall–Kier alpha value is -1.95. The molecule has 130 valence electrons. The minimum atomic E-state index is -0.502. The summed E-state index contributed by atoms with van der Waals surface area (Å²) in [6.45, 7) is 8.76. The van der Waals surface area contributed by atoms with Crippen molar-refractivity contribution in [3.63, 3.8) is 0 Å². The molecule has 1 aromatic rings. The maximum absolute atomic E-state index is 11.8. The Kier molecular flexibility index (Phi) is 7.16. The Balaban J connectivity index is 2.44. The number of phenolic OH excluding ortho intramolecular Hbond substituents is 1. The Bertz CT molecular complexity index is 512. The molecule has 0 fully saturated rings. The molecule has 1 aromatic carbocycles. The fraction of sp³-hybridized carbons (Fsp3) is 0.588. The number of hydrogen-bond donors (Lipinski definition) is 3. The van der Waals surface area contributed by atoms with Gasteiger partial charge in [0.1, 0.15) is 5.60 Å². The predicted octanol–water partition coefficient (Wildman–Crippen LogP) is 2.79. The van der Waals surface area contributed by atoms with Crippen molar-refractivity contribution in [2.45, 2.75) is 52.3 Å². The van der Waals surface area contributed by atoms with Gasteiger partial charge in [-0.1, -0.05) is 13.0 Å².